The highest BCUT2D eigenvalue weighted by molar-refractivity contribution is 5.47. The predicted molar refractivity (Wildman–Crippen MR) is 72.2 cm³/mol. The maximum absolute atomic E-state index is 4.48. The minimum Gasteiger partial charge on any atom is -0.380 e. The van der Waals surface area contributed by atoms with Crippen LogP contribution in [0.25, 0.3) is 0 Å². The van der Waals surface area contributed by atoms with Gasteiger partial charge in [0, 0.05) is 19.3 Å². The van der Waals surface area contributed by atoms with Crippen molar-refractivity contribution >= 4 is 5.69 Å². The van der Waals surface area contributed by atoms with Gasteiger partial charge in [0.05, 0.1) is 11.4 Å². The van der Waals surface area contributed by atoms with Gasteiger partial charge in [-0.3, -0.25) is 4.68 Å². The van der Waals surface area contributed by atoms with Crippen molar-refractivity contribution in [1.82, 2.24) is 9.78 Å². The summed E-state index contributed by atoms with van der Waals surface area (Å²) >= 11 is 0. The van der Waals surface area contributed by atoms with E-state index >= 15 is 0 Å². The van der Waals surface area contributed by atoms with Crippen molar-refractivity contribution in [3.05, 3.63) is 11.9 Å². The second-order valence-electron chi connectivity index (χ2n) is 6.10. The maximum Gasteiger partial charge on any atom is 0.0853 e. The number of rotatable bonds is 3. The first kappa shape index (κ1) is 12.5. The van der Waals surface area contributed by atoms with Crippen molar-refractivity contribution in [3.63, 3.8) is 0 Å². The fourth-order valence-electron chi connectivity index (χ4n) is 2.68. The number of hydrogen-bond donors (Lipinski definition) is 1. The summed E-state index contributed by atoms with van der Waals surface area (Å²) in [6, 6.07) is 0.637. The highest BCUT2D eigenvalue weighted by Crippen LogP contribution is 2.36. The molecule has 1 N–H and O–H groups in total. The highest BCUT2D eigenvalue weighted by atomic mass is 15.3. The van der Waals surface area contributed by atoms with Gasteiger partial charge in [0.2, 0.25) is 0 Å². The summed E-state index contributed by atoms with van der Waals surface area (Å²) in [5.41, 5.74) is 2.97. The van der Waals surface area contributed by atoms with Crippen LogP contribution in [0.15, 0.2) is 6.20 Å². The van der Waals surface area contributed by atoms with E-state index < -0.39 is 0 Å². The molecule has 1 aliphatic carbocycles. The first-order valence-corrected chi connectivity index (χ1v) is 6.79. The summed E-state index contributed by atoms with van der Waals surface area (Å²) in [7, 11) is 1.99. The van der Waals surface area contributed by atoms with Gasteiger partial charge in [-0.2, -0.15) is 5.10 Å². The van der Waals surface area contributed by atoms with E-state index in [1.54, 1.807) is 0 Å². The molecule has 1 aliphatic rings. The zero-order chi connectivity index (χ0) is 12.5. The summed E-state index contributed by atoms with van der Waals surface area (Å²) in [5.74, 6) is 0. The molecule has 2 rings (SSSR count). The van der Waals surface area contributed by atoms with Crippen LogP contribution in [0.5, 0.6) is 0 Å². The zero-order valence-corrected chi connectivity index (χ0v) is 11.6. The van der Waals surface area contributed by atoms with E-state index in [2.05, 4.69) is 37.4 Å². The summed E-state index contributed by atoms with van der Waals surface area (Å²) in [6.45, 7) is 6.92. The summed E-state index contributed by atoms with van der Waals surface area (Å²) in [5, 5.41) is 8.15. The second kappa shape index (κ2) is 4.71. The quantitative estimate of drug-likeness (QED) is 0.870. The van der Waals surface area contributed by atoms with Gasteiger partial charge in [0.15, 0.2) is 0 Å². The topological polar surface area (TPSA) is 29.9 Å². The van der Waals surface area contributed by atoms with E-state index in [0.717, 1.165) is 6.42 Å². The molecule has 96 valence electrons. The molecular weight excluding hydrogens is 210 g/mol. The van der Waals surface area contributed by atoms with Crippen molar-refractivity contribution in [2.45, 2.75) is 58.9 Å². The van der Waals surface area contributed by atoms with Gasteiger partial charge in [0.1, 0.15) is 0 Å². The third-order valence-corrected chi connectivity index (χ3v) is 3.94. The molecule has 17 heavy (non-hydrogen) atoms. The maximum atomic E-state index is 4.48. The van der Waals surface area contributed by atoms with E-state index in [1.807, 2.05) is 11.7 Å². The third-order valence-electron chi connectivity index (χ3n) is 3.94. The van der Waals surface area contributed by atoms with Gasteiger partial charge in [0.25, 0.3) is 0 Å². The van der Waals surface area contributed by atoms with Gasteiger partial charge >= 0.3 is 0 Å². The fourth-order valence-corrected chi connectivity index (χ4v) is 2.68. The lowest BCUT2D eigenvalue weighted by molar-refractivity contribution is 0.232. The van der Waals surface area contributed by atoms with Gasteiger partial charge in [-0.1, -0.05) is 20.8 Å². The largest absolute Gasteiger partial charge is 0.380 e. The monoisotopic (exact) mass is 235 g/mol. The van der Waals surface area contributed by atoms with E-state index in [1.165, 1.54) is 37.1 Å². The van der Waals surface area contributed by atoms with E-state index in [-0.39, 0.29) is 0 Å². The average molecular weight is 235 g/mol. The van der Waals surface area contributed by atoms with Crippen LogP contribution < -0.4 is 5.32 Å². The molecule has 0 radical (unpaired) electrons. The Kier molecular flexibility index (Phi) is 3.45. The molecule has 1 aromatic rings. The smallest absolute Gasteiger partial charge is 0.0853 e. The number of nitrogens with one attached hydrogen (secondary N) is 1. The SMILES string of the molecule is CCc1nn(C)cc1NC1CCC(C)(C)CC1. The molecular formula is C14H25N3. The van der Waals surface area contributed by atoms with Crippen LogP contribution in [0.3, 0.4) is 0 Å². The van der Waals surface area contributed by atoms with Crippen molar-refractivity contribution in [1.29, 1.82) is 0 Å². The van der Waals surface area contributed by atoms with Crippen molar-refractivity contribution in [3.8, 4) is 0 Å². The second-order valence-corrected chi connectivity index (χ2v) is 6.10. The van der Waals surface area contributed by atoms with Crippen LogP contribution in [-0.2, 0) is 13.5 Å². The zero-order valence-electron chi connectivity index (χ0n) is 11.6. The fraction of sp³-hybridized carbons (Fsp3) is 0.786. The van der Waals surface area contributed by atoms with Gasteiger partial charge in [-0.25, -0.2) is 0 Å². The van der Waals surface area contributed by atoms with Crippen molar-refractivity contribution < 1.29 is 0 Å². The lowest BCUT2D eigenvalue weighted by Crippen LogP contribution is -2.30. The average Bonchev–Trinajstić information content (AvgIpc) is 2.62. The Morgan fingerprint density at radius 2 is 2.06 bits per heavy atom. The molecule has 1 saturated carbocycles. The highest BCUT2D eigenvalue weighted by Gasteiger charge is 2.27. The first-order chi connectivity index (χ1) is 8.00. The number of nitrogens with zero attached hydrogens (tertiary/aromatic N) is 2. The van der Waals surface area contributed by atoms with Gasteiger partial charge < -0.3 is 5.32 Å². The van der Waals surface area contributed by atoms with Crippen LogP contribution in [0, 0.1) is 5.41 Å². The lowest BCUT2D eigenvalue weighted by Gasteiger charge is -2.35. The van der Waals surface area contributed by atoms with Crippen molar-refractivity contribution in [2.24, 2.45) is 12.5 Å². The van der Waals surface area contributed by atoms with Crippen LogP contribution in [0.2, 0.25) is 0 Å². The van der Waals surface area contributed by atoms with Crippen LogP contribution >= 0.6 is 0 Å². The van der Waals surface area contributed by atoms with Crippen LogP contribution in [0.1, 0.15) is 52.1 Å². The van der Waals surface area contributed by atoms with E-state index in [0.29, 0.717) is 11.5 Å². The number of aromatic nitrogens is 2. The first-order valence-electron chi connectivity index (χ1n) is 6.79. The molecule has 0 amide bonds. The number of hydrogen-bond acceptors (Lipinski definition) is 2. The summed E-state index contributed by atoms with van der Waals surface area (Å²) in [4.78, 5) is 0. The molecule has 0 unspecified atom stereocenters. The Balaban J connectivity index is 1.97. The molecule has 1 heterocycles. The molecule has 0 saturated heterocycles. The Hall–Kier alpha value is -0.990. The molecule has 0 aliphatic heterocycles. The summed E-state index contributed by atoms with van der Waals surface area (Å²) in [6.07, 6.45) is 8.33. The number of anilines is 1. The minimum absolute atomic E-state index is 0.542. The molecule has 0 spiro atoms. The molecule has 0 aromatic carbocycles. The minimum atomic E-state index is 0.542. The molecule has 0 bridgehead atoms. The van der Waals surface area contributed by atoms with Gasteiger partial charge in [-0.15, -0.1) is 0 Å². The lowest BCUT2D eigenvalue weighted by atomic mass is 9.75. The Morgan fingerprint density at radius 3 is 2.65 bits per heavy atom. The Labute approximate surface area is 105 Å². The molecule has 1 fully saturated rings. The standard InChI is InChI=1S/C14H25N3/c1-5-12-13(10-17(4)16-12)15-11-6-8-14(2,3)9-7-11/h10-11,15H,5-9H2,1-4H3. The van der Waals surface area contributed by atoms with Gasteiger partial charge in [-0.05, 0) is 37.5 Å². The Bertz CT molecular complexity index is 369. The molecule has 1 aromatic heterocycles. The van der Waals surface area contributed by atoms with Crippen molar-refractivity contribution in [2.75, 3.05) is 5.32 Å². The predicted octanol–water partition coefficient (Wildman–Crippen LogP) is 3.36. The number of aryl methyl sites for hydroxylation is 2. The van der Waals surface area contributed by atoms with E-state index in [4.69, 9.17) is 0 Å². The normalized spacial score (nSPS) is 20.5. The Morgan fingerprint density at radius 1 is 1.41 bits per heavy atom. The van der Waals surface area contributed by atoms with Crippen LogP contribution in [-0.4, -0.2) is 15.8 Å². The molecule has 3 nitrogen and oxygen atoms in total. The van der Waals surface area contributed by atoms with Crippen LogP contribution in [0.4, 0.5) is 5.69 Å². The van der Waals surface area contributed by atoms with E-state index in [9.17, 15) is 0 Å². The molecule has 0 atom stereocenters. The summed E-state index contributed by atoms with van der Waals surface area (Å²) < 4.78 is 1.91. The molecule has 3 heteroatoms. The third kappa shape index (κ3) is 3.02.